The van der Waals surface area contributed by atoms with Crippen LogP contribution >= 0.6 is 34.8 Å². The van der Waals surface area contributed by atoms with Crippen LogP contribution < -0.4 is 14.8 Å². The van der Waals surface area contributed by atoms with Crippen LogP contribution in [0.2, 0.25) is 0 Å². The van der Waals surface area contributed by atoms with Gasteiger partial charge in [-0.1, -0.05) is 34.8 Å². The van der Waals surface area contributed by atoms with Crippen LogP contribution in [0.5, 0.6) is 17.2 Å². The fraction of sp³-hybridized carbons (Fsp3) is 0.300. The van der Waals surface area contributed by atoms with Crippen molar-refractivity contribution in [2.24, 2.45) is 0 Å². The van der Waals surface area contributed by atoms with E-state index in [0.717, 1.165) is 0 Å². The van der Waals surface area contributed by atoms with Crippen LogP contribution in [0.25, 0.3) is 0 Å². The van der Waals surface area contributed by atoms with Crippen LogP contribution in [-0.4, -0.2) is 35.2 Å². The Morgan fingerprint density at radius 3 is 2.29 bits per heavy atom. The van der Waals surface area contributed by atoms with Crippen LogP contribution in [0.1, 0.15) is 12.8 Å². The van der Waals surface area contributed by atoms with Gasteiger partial charge in [0.2, 0.25) is 9.39 Å². The molecule has 1 amide bonds. The van der Waals surface area contributed by atoms with Gasteiger partial charge in [0.05, 0.1) is 12.8 Å². The van der Waals surface area contributed by atoms with Gasteiger partial charge in [-0.2, -0.15) is 0 Å². The van der Waals surface area contributed by atoms with E-state index < -0.39 is 33.9 Å². The first-order valence-electron chi connectivity index (χ1n) is 8.95. The molecule has 0 saturated heterocycles. The second-order valence-electron chi connectivity index (χ2n) is 6.65. The van der Waals surface area contributed by atoms with Gasteiger partial charge in [-0.05, 0) is 24.3 Å². The topological polar surface area (TPSA) is 83.1 Å². The average molecular weight is 493 g/mol. The maximum absolute atomic E-state index is 13.1. The third-order valence-electron chi connectivity index (χ3n) is 4.12. The minimum Gasteiger partial charge on any atom is -0.475 e. The molecule has 166 valence electrons. The van der Waals surface area contributed by atoms with E-state index in [1.54, 1.807) is 0 Å². The van der Waals surface area contributed by atoms with Gasteiger partial charge in [-0.25, -0.2) is 14.0 Å². The highest BCUT2D eigenvalue weighted by atomic mass is 35.6. The van der Waals surface area contributed by atoms with E-state index in [1.807, 2.05) is 0 Å². The number of esters is 1. The molecule has 0 heterocycles. The second kappa shape index (κ2) is 9.38. The van der Waals surface area contributed by atoms with Gasteiger partial charge in [-0.15, -0.1) is 0 Å². The van der Waals surface area contributed by atoms with Gasteiger partial charge in [0.1, 0.15) is 29.7 Å². The van der Waals surface area contributed by atoms with Crippen molar-refractivity contribution in [1.82, 2.24) is 0 Å². The summed E-state index contributed by atoms with van der Waals surface area (Å²) in [5, 5.41) is 2.47. The number of halogens is 4. The van der Waals surface area contributed by atoms with Gasteiger partial charge >= 0.3 is 12.1 Å². The summed E-state index contributed by atoms with van der Waals surface area (Å²) in [5.41, 5.74) is -0.860. The maximum atomic E-state index is 13.1. The molecule has 0 radical (unpaired) electrons. The molecule has 3 rings (SSSR count). The molecule has 2 aromatic rings. The molecule has 0 unspecified atom stereocenters. The zero-order valence-corrected chi connectivity index (χ0v) is 18.4. The number of hydrogen-bond donors (Lipinski definition) is 1. The molecule has 2 aromatic carbocycles. The number of anilines is 1. The molecule has 31 heavy (non-hydrogen) atoms. The number of ether oxygens (including phenoxy) is 4. The Labute approximate surface area is 192 Å². The number of alkyl halides is 3. The molecule has 1 fully saturated rings. The minimum atomic E-state index is -1.77. The number of amides is 1. The van der Waals surface area contributed by atoms with Crippen LogP contribution in [0.3, 0.4) is 0 Å². The second-order valence-corrected chi connectivity index (χ2v) is 9.17. The van der Waals surface area contributed by atoms with E-state index in [9.17, 15) is 14.0 Å². The van der Waals surface area contributed by atoms with E-state index >= 15 is 0 Å². The lowest BCUT2D eigenvalue weighted by atomic mass is 10.2. The highest BCUT2D eigenvalue weighted by molar-refractivity contribution is 6.67. The Bertz CT molecular complexity index is 960. The average Bonchev–Trinajstić information content (AvgIpc) is 3.47. The zero-order chi connectivity index (χ0) is 22.6. The summed E-state index contributed by atoms with van der Waals surface area (Å²) in [4.78, 5) is 24.0. The number of nitrogens with one attached hydrogen (secondary N) is 1. The van der Waals surface area contributed by atoms with Crippen molar-refractivity contribution < 1.29 is 32.9 Å². The minimum absolute atomic E-state index is 0.226. The molecule has 0 spiro atoms. The predicted molar refractivity (Wildman–Crippen MR) is 113 cm³/mol. The number of carbonyl (C=O) groups excluding carboxylic acids is 2. The predicted octanol–water partition coefficient (Wildman–Crippen LogP) is 5.62. The molecule has 1 saturated carbocycles. The molecule has 11 heteroatoms. The lowest BCUT2D eigenvalue weighted by Crippen LogP contribution is -2.30. The molecule has 0 aromatic heterocycles. The van der Waals surface area contributed by atoms with Gasteiger partial charge in [0, 0.05) is 31.0 Å². The van der Waals surface area contributed by atoms with Crippen molar-refractivity contribution in [1.29, 1.82) is 0 Å². The van der Waals surface area contributed by atoms with E-state index in [4.69, 9.17) is 53.8 Å². The summed E-state index contributed by atoms with van der Waals surface area (Å²) in [6.07, 6.45) is 0.0818. The number of methoxy groups -OCH3 is 1. The van der Waals surface area contributed by atoms with Crippen molar-refractivity contribution in [2.45, 2.75) is 22.2 Å². The number of rotatable bonds is 7. The van der Waals surface area contributed by atoms with E-state index in [2.05, 4.69) is 5.32 Å². The van der Waals surface area contributed by atoms with Crippen molar-refractivity contribution >= 4 is 52.6 Å². The fourth-order valence-electron chi connectivity index (χ4n) is 2.57. The maximum Gasteiger partial charge on any atom is 0.411 e. The quantitative estimate of drug-likeness (QED) is 0.399. The molecular weight excluding hydrogens is 476 g/mol. The standard InChI is InChI=1S/C20H17Cl3FNO6/c1-28-17(26)19(6-7-19)31-16-9-13(25-18(27)29-11-20(21,22)23)8-15(10-16)30-14-4-2-12(24)3-5-14/h2-5,8-10H,6-7,11H2,1H3,(H,25,27). The fourth-order valence-corrected chi connectivity index (χ4v) is 2.74. The highest BCUT2D eigenvalue weighted by Crippen LogP contribution is 2.43. The Kier molecular flexibility index (Phi) is 7.03. The molecule has 7 nitrogen and oxygen atoms in total. The summed E-state index contributed by atoms with van der Waals surface area (Å²) in [5.74, 6) is -0.0933. The van der Waals surface area contributed by atoms with Gasteiger partial charge in [0.25, 0.3) is 0 Å². The lowest BCUT2D eigenvalue weighted by Gasteiger charge is -2.18. The number of benzene rings is 2. The number of hydrogen-bond acceptors (Lipinski definition) is 6. The summed E-state index contributed by atoms with van der Waals surface area (Å²) in [7, 11) is 1.27. The lowest BCUT2D eigenvalue weighted by molar-refractivity contribution is -0.151. The Morgan fingerprint density at radius 2 is 1.71 bits per heavy atom. The number of carbonyl (C=O) groups is 2. The molecule has 1 N–H and O–H groups in total. The van der Waals surface area contributed by atoms with Gasteiger partial charge < -0.3 is 18.9 Å². The van der Waals surface area contributed by atoms with Crippen LogP contribution in [0.15, 0.2) is 42.5 Å². The van der Waals surface area contributed by atoms with Gasteiger partial charge in [-0.3, -0.25) is 5.32 Å². The SMILES string of the molecule is COC(=O)C1(Oc2cc(NC(=O)OCC(Cl)(Cl)Cl)cc(Oc3ccc(F)cc3)c2)CC1. The third-order valence-corrected chi connectivity index (χ3v) is 4.44. The van der Waals surface area contributed by atoms with Crippen molar-refractivity contribution in [3.63, 3.8) is 0 Å². The molecule has 0 bridgehead atoms. The van der Waals surface area contributed by atoms with Crippen LogP contribution in [-0.2, 0) is 14.3 Å². The Morgan fingerprint density at radius 1 is 1.06 bits per heavy atom. The molecule has 0 aliphatic heterocycles. The van der Waals surface area contributed by atoms with Crippen molar-refractivity contribution in [2.75, 3.05) is 19.0 Å². The van der Waals surface area contributed by atoms with Crippen LogP contribution in [0, 0.1) is 5.82 Å². The normalized spacial score (nSPS) is 14.4. The van der Waals surface area contributed by atoms with E-state index in [0.29, 0.717) is 18.6 Å². The Balaban J connectivity index is 1.82. The largest absolute Gasteiger partial charge is 0.475 e. The first-order valence-corrected chi connectivity index (χ1v) is 10.1. The smallest absolute Gasteiger partial charge is 0.411 e. The molecular formula is C20H17Cl3FNO6. The molecule has 1 aliphatic rings. The summed E-state index contributed by atoms with van der Waals surface area (Å²) in [6.45, 7) is -0.468. The molecule has 1 aliphatic carbocycles. The van der Waals surface area contributed by atoms with E-state index in [1.165, 1.54) is 49.6 Å². The van der Waals surface area contributed by atoms with Crippen molar-refractivity contribution in [3.8, 4) is 17.2 Å². The Hall–Kier alpha value is -2.42. The zero-order valence-electron chi connectivity index (χ0n) is 16.1. The highest BCUT2D eigenvalue weighted by Gasteiger charge is 2.54. The summed E-state index contributed by atoms with van der Waals surface area (Å²) < 4.78 is 32.6. The van der Waals surface area contributed by atoms with Gasteiger partial charge in [0.15, 0.2) is 0 Å². The monoisotopic (exact) mass is 491 g/mol. The first-order chi connectivity index (χ1) is 14.6. The van der Waals surface area contributed by atoms with E-state index in [-0.39, 0.29) is 17.2 Å². The third kappa shape index (κ3) is 6.78. The summed E-state index contributed by atoms with van der Waals surface area (Å²) in [6, 6.07) is 9.80. The molecule has 0 atom stereocenters. The van der Waals surface area contributed by atoms with Crippen molar-refractivity contribution in [3.05, 3.63) is 48.3 Å². The van der Waals surface area contributed by atoms with Crippen LogP contribution in [0.4, 0.5) is 14.9 Å². The first kappa shape index (κ1) is 23.2. The summed E-state index contributed by atoms with van der Waals surface area (Å²) >= 11 is 16.7.